The maximum absolute atomic E-state index is 12.9. The average Bonchev–Trinajstić information content (AvgIpc) is 3.03. The van der Waals surface area contributed by atoms with Crippen molar-refractivity contribution in [3.05, 3.63) is 15.8 Å². The van der Waals surface area contributed by atoms with E-state index >= 15 is 0 Å². The predicted octanol–water partition coefficient (Wildman–Crippen LogP) is 2.26. The second-order valence-corrected chi connectivity index (χ2v) is 8.61. The molecule has 0 saturated carbocycles. The Kier molecular flexibility index (Phi) is 4.12. The molecule has 0 radical (unpaired) electrons. The van der Waals surface area contributed by atoms with Crippen LogP contribution in [-0.2, 0) is 15.9 Å². The fraction of sp³-hybridized carbons (Fsp3) is 0.692. The maximum Gasteiger partial charge on any atom is 0.244 e. The fourth-order valence-electron chi connectivity index (χ4n) is 3.24. The first-order chi connectivity index (χ1) is 9.54. The van der Waals surface area contributed by atoms with Gasteiger partial charge in [-0.3, -0.25) is 4.90 Å². The molecular formula is C13H19ClN2O2S2. The lowest BCUT2D eigenvalue weighted by atomic mass is 10.2. The molecule has 1 aromatic heterocycles. The third kappa shape index (κ3) is 2.41. The van der Waals surface area contributed by atoms with Crippen molar-refractivity contribution in [2.45, 2.75) is 36.6 Å². The fourth-order valence-corrected chi connectivity index (χ4v) is 6.71. The molecule has 3 rings (SSSR count). The minimum Gasteiger partial charge on any atom is -0.298 e. The Morgan fingerprint density at radius 1 is 1.40 bits per heavy atom. The van der Waals surface area contributed by atoms with Crippen LogP contribution in [0.4, 0.5) is 0 Å². The largest absolute Gasteiger partial charge is 0.298 e. The van der Waals surface area contributed by atoms with Gasteiger partial charge in [-0.2, -0.15) is 4.31 Å². The molecule has 1 atom stereocenters. The van der Waals surface area contributed by atoms with Gasteiger partial charge >= 0.3 is 0 Å². The normalized spacial score (nSPS) is 25.0. The first-order valence-electron chi connectivity index (χ1n) is 6.91. The van der Waals surface area contributed by atoms with Gasteiger partial charge in [0.25, 0.3) is 0 Å². The molecule has 1 aromatic rings. The number of halogens is 1. The van der Waals surface area contributed by atoms with Crippen molar-refractivity contribution in [1.82, 2.24) is 9.21 Å². The molecule has 0 aliphatic carbocycles. The average molecular weight is 335 g/mol. The van der Waals surface area contributed by atoms with Gasteiger partial charge in [-0.25, -0.2) is 8.42 Å². The molecule has 0 bridgehead atoms. The zero-order valence-electron chi connectivity index (χ0n) is 11.5. The summed E-state index contributed by atoms with van der Waals surface area (Å²) in [6.45, 7) is 5.03. The Balaban J connectivity index is 1.90. The summed E-state index contributed by atoms with van der Waals surface area (Å²) in [5, 5.41) is 1.89. The van der Waals surface area contributed by atoms with Crippen molar-refractivity contribution >= 4 is 33.0 Å². The summed E-state index contributed by atoms with van der Waals surface area (Å²) in [5.74, 6) is 0.260. The third-order valence-electron chi connectivity index (χ3n) is 4.26. The van der Waals surface area contributed by atoms with Gasteiger partial charge in [0.2, 0.25) is 10.0 Å². The van der Waals surface area contributed by atoms with E-state index in [1.807, 2.05) is 12.3 Å². The number of sulfonamides is 1. The van der Waals surface area contributed by atoms with Crippen molar-refractivity contribution in [2.75, 3.05) is 26.2 Å². The van der Waals surface area contributed by atoms with Gasteiger partial charge in [-0.15, -0.1) is 22.9 Å². The van der Waals surface area contributed by atoms with Crippen LogP contribution < -0.4 is 0 Å². The molecule has 112 valence electrons. The molecule has 2 aliphatic rings. The Morgan fingerprint density at radius 2 is 2.20 bits per heavy atom. The van der Waals surface area contributed by atoms with Crippen molar-refractivity contribution in [1.29, 1.82) is 0 Å². The summed E-state index contributed by atoms with van der Waals surface area (Å²) in [6.07, 6.45) is 2.29. The quantitative estimate of drug-likeness (QED) is 0.796. The third-order valence-corrected chi connectivity index (χ3v) is 8.01. The second kappa shape index (κ2) is 5.57. The van der Waals surface area contributed by atoms with Crippen LogP contribution >= 0.6 is 22.9 Å². The minimum absolute atomic E-state index is 0.260. The molecule has 0 amide bonds. The van der Waals surface area contributed by atoms with E-state index in [1.165, 1.54) is 17.8 Å². The lowest BCUT2D eigenvalue weighted by Crippen LogP contribution is -2.52. The van der Waals surface area contributed by atoms with Crippen LogP contribution in [0.5, 0.6) is 0 Å². The van der Waals surface area contributed by atoms with E-state index < -0.39 is 10.0 Å². The van der Waals surface area contributed by atoms with Gasteiger partial charge in [0.15, 0.2) is 0 Å². The summed E-state index contributed by atoms with van der Waals surface area (Å²) in [6, 6.07) is 0.400. The van der Waals surface area contributed by atoms with Crippen molar-refractivity contribution < 1.29 is 8.42 Å². The topological polar surface area (TPSA) is 40.6 Å². The van der Waals surface area contributed by atoms with Crippen LogP contribution in [0.1, 0.15) is 23.3 Å². The highest BCUT2D eigenvalue weighted by molar-refractivity contribution is 7.89. The van der Waals surface area contributed by atoms with Crippen LogP contribution in [0.3, 0.4) is 0 Å². The molecule has 0 aromatic carbocycles. The molecule has 2 aliphatic heterocycles. The van der Waals surface area contributed by atoms with Crippen LogP contribution in [0.15, 0.2) is 10.3 Å². The van der Waals surface area contributed by atoms with E-state index in [2.05, 4.69) is 4.90 Å². The molecular weight excluding hydrogens is 316 g/mol. The van der Waals surface area contributed by atoms with Crippen molar-refractivity contribution in [2.24, 2.45) is 0 Å². The Morgan fingerprint density at radius 3 is 2.95 bits per heavy atom. The number of hydrogen-bond acceptors (Lipinski definition) is 4. The van der Waals surface area contributed by atoms with Gasteiger partial charge in [-0.05, 0) is 37.3 Å². The number of rotatable bonds is 3. The Labute approximate surface area is 129 Å². The first kappa shape index (κ1) is 14.8. The highest BCUT2D eigenvalue weighted by Gasteiger charge is 2.37. The number of aryl methyl sites for hydroxylation is 1. The maximum atomic E-state index is 12.9. The standard InChI is InChI=1S/C13H19ClN2O2S2/c1-10-9-19-12(7-14)13(10)20(17,18)16-6-5-15-4-2-3-11(15)8-16/h9,11H,2-8H2,1H3. The SMILES string of the molecule is Cc1csc(CCl)c1S(=O)(=O)N1CCN2CCCC2C1. The summed E-state index contributed by atoms with van der Waals surface area (Å²) >= 11 is 7.34. The number of thiophene rings is 1. The number of hydrogen-bond donors (Lipinski definition) is 0. The van der Waals surface area contributed by atoms with E-state index in [0.717, 1.165) is 30.0 Å². The van der Waals surface area contributed by atoms with Crippen LogP contribution in [0.2, 0.25) is 0 Å². The highest BCUT2D eigenvalue weighted by Crippen LogP contribution is 2.32. The van der Waals surface area contributed by atoms with Gasteiger partial charge < -0.3 is 0 Å². The molecule has 7 heteroatoms. The second-order valence-electron chi connectivity index (χ2n) is 5.50. The molecule has 0 spiro atoms. The van der Waals surface area contributed by atoms with Crippen LogP contribution in [0, 0.1) is 6.92 Å². The van der Waals surface area contributed by atoms with Crippen LogP contribution in [0.25, 0.3) is 0 Å². The molecule has 2 fully saturated rings. The van der Waals surface area contributed by atoms with E-state index in [1.54, 1.807) is 4.31 Å². The molecule has 0 N–H and O–H groups in total. The molecule has 3 heterocycles. The number of alkyl halides is 1. The summed E-state index contributed by atoms with van der Waals surface area (Å²) in [7, 11) is -3.40. The smallest absolute Gasteiger partial charge is 0.244 e. The monoisotopic (exact) mass is 334 g/mol. The highest BCUT2D eigenvalue weighted by atomic mass is 35.5. The number of fused-ring (bicyclic) bond motifs is 1. The summed E-state index contributed by atoms with van der Waals surface area (Å²) in [4.78, 5) is 3.62. The molecule has 20 heavy (non-hydrogen) atoms. The van der Waals surface area contributed by atoms with E-state index in [4.69, 9.17) is 11.6 Å². The van der Waals surface area contributed by atoms with Gasteiger partial charge in [0.1, 0.15) is 4.90 Å². The zero-order valence-corrected chi connectivity index (χ0v) is 13.9. The Bertz CT molecular complexity index is 600. The van der Waals surface area contributed by atoms with Gasteiger partial charge in [0, 0.05) is 30.6 Å². The first-order valence-corrected chi connectivity index (χ1v) is 9.76. The van der Waals surface area contributed by atoms with Crippen molar-refractivity contribution in [3.8, 4) is 0 Å². The Hall–Kier alpha value is -0.140. The number of nitrogens with zero attached hydrogens (tertiary/aromatic N) is 2. The summed E-state index contributed by atoms with van der Waals surface area (Å²) < 4.78 is 27.4. The van der Waals surface area contributed by atoms with Gasteiger partial charge in [-0.1, -0.05) is 0 Å². The van der Waals surface area contributed by atoms with E-state index in [9.17, 15) is 8.42 Å². The number of piperazine rings is 1. The lowest BCUT2D eigenvalue weighted by Gasteiger charge is -2.36. The zero-order chi connectivity index (χ0) is 14.3. The van der Waals surface area contributed by atoms with Crippen LogP contribution in [-0.4, -0.2) is 49.8 Å². The van der Waals surface area contributed by atoms with Gasteiger partial charge in [0.05, 0.1) is 5.88 Å². The molecule has 1 unspecified atom stereocenters. The summed E-state index contributed by atoms with van der Waals surface area (Å²) in [5.41, 5.74) is 0.819. The molecule has 4 nitrogen and oxygen atoms in total. The molecule has 2 saturated heterocycles. The van der Waals surface area contributed by atoms with E-state index in [-0.39, 0.29) is 5.88 Å². The van der Waals surface area contributed by atoms with E-state index in [0.29, 0.717) is 24.0 Å². The lowest BCUT2D eigenvalue weighted by molar-refractivity contribution is 0.158. The predicted molar refractivity (Wildman–Crippen MR) is 82.0 cm³/mol. The minimum atomic E-state index is -3.40. The van der Waals surface area contributed by atoms with Crippen molar-refractivity contribution in [3.63, 3.8) is 0 Å².